The van der Waals surface area contributed by atoms with Gasteiger partial charge in [-0.05, 0) is 24.6 Å². The second kappa shape index (κ2) is 10.2. The summed E-state index contributed by atoms with van der Waals surface area (Å²) < 4.78 is 18.5. The fourth-order valence-corrected chi connectivity index (χ4v) is 3.52. The Morgan fingerprint density at radius 3 is 2.58 bits per heavy atom. The molecule has 1 N–H and O–H groups in total. The molecular formula is C23H26ClN3O4. The third kappa shape index (κ3) is 4.94. The van der Waals surface area contributed by atoms with E-state index >= 15 is 0 Å². The van der Waals surface area contributed by atoms with Crippen molar-refractivity contribution in [1.82, 2.24) is 14.9 Å². The summed E-state index contributed by atoms with van der Waals surface area (Å²) >= 11 is 6.40. The Labute approximate surface area is 186 Å². The Kier molecular flexibility index (Phi) is 7.41. The first-order valence-corrected chi connectivity index (χ1v) is 10.3. The number of nitrogens with one attached hydrogen (secondary N) is 1. The van der Waals surface area contributed by atoms with Crippen molar-refractivity contribution in [3.8, 4) is 17.2 Å². The minimum absolute atomic E-state index is 0.309. The quantitative estimate of drug-likeness (QED) is 0.530. The molecule has 3 rings (SSSR count). The molecular weight excluding hydrogens is 418 g/mol. The molecule has 0 aliphatic rings. The third-order valence-electron chi connectivity index (χ3n) is 4.78. The van der Waals surface area contributed by atoms with E-state index in [1.54, 1.807) is 25.4 Å². The molecule has 0 bridgehead atoms. The van der Waals surface area contributed by atoms with Crippen molar-refractivity contribution in [2.24, 2.45) is 7.05 Å². The number of hydrogen-bond acceptors (Lipinski definition) is 5. The van der Waals surface area contributed by atoms with Crippen LogP contribution in [0.4, 0.5) is 0 Å². The standard InChI is InChI=1S/C23H26ClN3O4/c1-5-12-31-21-17(24)13-15(14-19(21)30-4)23(28)26-20(22-25-10-11-27(22)2)16-8-6-7-9-18(16)29-3/h6-11,13-14,20H,5,12H2,1-4H3,(H,26,28). The molecule has 0 aliphatic heterocycles. The van der Waals surface area contributed by atoms with Crippen LogP contribution < -0.4 is 19.5 Å². The van der Waals surface area contributed by atoms with E-state index in [2.05, 4.69) is 10.3 Å². The molecule has 31 heavy (non-hydrogen) atoms. The van der Waals surface area contributed by atoms with Gasteiger partial charge >= 0.3 is 0 Å². The van der Waals surface area contributed by atoms with Gasteiger partial charge in [-0.3, -0.25) is 4.79 Å². The number of carbonyl (C=O) groups is 1. The van der Waals surface area contributed by atoms with Crippen LogP contribution in [0.3, 0.4) is 0 Å². The van der Waals surface area contributed by atoms with Gasteiger partial charge in [-0.25, -0.2) is 4.98 Å². The van der Waals surface area contributed by atoms with Gasteiger partial charge in [-0.15, -0.1) is 0 Å². The molecule has 0 saturated heterocycles. The lowest BCUT2D eigenvalue weighted by atomic mass is 10.0. The number of ether oxygens (including phenoxy) is 3. The van der Waals surface area contributed by atoms with E-state index in [4.69, 9.17) is 25.8 Å². The fourth-order valence-electron chi connectivity index (χ4n) is 3.25. The Bertz CT molecular complexity index is 1050. The zero-order valence-corrected chi connectivity index (χ0v) is 18.8. The monoisotopic (exact) mass is 443 g/mol. The lowest BCUT2D eigenvalue weighted by Gasteiger charge is -2.22. The average Bonchev–Trinajstić information content (AvgIpc) is 3.21. The van der Waals surface area contributed by atoms with Crippen LogP contribution in [0.15, 0.2) is 48.8 Å². The van der Waals surface area contributed by atoms with Gasteiger partial charge in [0.25, 0.3) is 5.91 Å². The largest absolute Gasteiger partial charge is 0.496 e. The fraction of sp³-hybridized carbons (Fsp3) is 0.304. The van der Waals surface area contributed by atoms with Crippen molar-refractivity contribution in [3.63, 3.8) is 0 Å². The van der Waals surface area contributed by atoms with Crippen molar-refractivity contribution in [2.75, 3.05) is 20.8 Å². The molecule has 164 valence electrons. The molecule has 1 heterocycles. The van der Waals surface area contributed by atoms with E-state index in [0.717, 1.165) is 12.0 Å². The van der Waals surface area contributed by atoms with E-state index < -0.39 is 6.04 Å². The molecule has 8 heteroatoms. The SMILES string of the molecule is CCCOc1c(Cl)cc(C(=O)NC(c2ccccc2OC)c2nccn2C)cc1OC. The highest BCUT2D eigenvalue weighted by atomic mass is 35.5. The highest BCUT2D eigenvalue weighted by Gasteiger charge is 2.25. The topological polar surface area (TPSA) is 74.6 Å². The Morgan fingerprint density at radius 2 is 1.94 bits per heavy atom. The normalized spacial score (nSPS) is 11.6. The van der Waals surface area contributed by atoms with Crippen molar-refractivity contribution < 1.29 is 19.0 Å². The van der Waals surface area contributed by atoms with Crippen molar-refractivity contribution in [2.45, 2.75) is 19.4 Å². The summed E-state index contributed by atoms with van der Waals surface area (Å²) in [7, 11) is 4.98. The van der Waals surface area contributed by atoms with Crippen LogP contribution in [0, 0.1) is 0 Å². The van der Waals surface area contributed by atoms with E-state index in [0.29, 0.717) is 40.3 Å². The van der Waals surface area contributed by atoms with Gasteiger partial charge in [-0.1, -0.05) is 36.7 Å². The van der Waals surface area contributed by atoms with Crippen molar-refractivity contribution >= 4 is 17.5 Å². The zero-order valence-electron chi connectivity index (χ0n) is 18.0. The van der Waals surface area contributed by atoms with Gasteiger partial charge in [0.2, 0.25) is 0 Å². The van der Waals surface area contributed by atoms with E-state index in [1.807, 2.05) is 49.0 Å². The number of hydrogen-bond donors (Lipinski definition) is 1. The van der Waals surface area contributed by atoms with Gasteiger partial charge < -0.3 is 24.1 Å². The van der Waals surface area contributed by atoms with E-state index in [1.165, 1.54) is 7.11 Å². The molecule has 1 aromatic heterocycles. The average molecular weight is 444 g/mol. The molecule has 1 atom stereocenters. The van der Waals surface area contributed by atoms with Gasteiger partial charge in [0, 0.05) is 30.6 Å². The molecule has 1 amide bonds. The van der Waals surface area contributed by atoms with Gasteiger partial charge in [0.15, 0.2) is 11.5 Å². The van der Waals surface area contributed by atoms with Gasteiger partial charge in [-0.2, -0.15) is 0 Å². The highest BCUT2D eigenvalue weighted by molar-refractivity contribution is 6.32. The van der Waals surface area contributed by atoms with Crippen LogP contribution in [-0.4, -0.2) is 36.3 Å². The van der Waals surface area contributed by atoms with E-state index in [-0.39, 0.29) is 5.91 Å². The Hall–Kier alpha value is -3.19. The van der Waals surface area contributed by atoms with Crippen LogP contribution in [0.2, 0.25) is 5.02 Å². The summed E-state index contributed by atoms with van der Waals surface area (Å²) in [6.45, 7) is 2.49. The molecule has 2 aromatic carbocycles. The number of nitrogens with zero attached hydrogens (tertiary/aromatic N) is 2. The highest BCUT2D eigenvalue weighted by Crippen LogP contribution is 2.37. The summed E-state index contributed by atoms with van der Waals surface area (Å²) in [6, 6.07) is 10.2. The van der Waals surface area contributed by atoms with Gasteiger partial charge in [0.1, 0.15) is 17.6 Å². The number of para-hydroxylation sites is 1. The number of amides is 1. The lowest BCUT2D eigenvalue weighted by molar-refractivity contribution is 0.0940. The molecule has 0 radical (unpaired) electrons. The molecule has 0 saturated carbocycles. The molecule has 7 nitrogen and oxygen atoms in total. The molecule has 0 aliphatic carbocycles. The summed E-state index contributed by atoms with van der Waals surface area (Å²) in [6.07, 6.45) is 4.33. The number of aryl methyl sites for hydroxylation is 1. The molecule has 3 aromatic rings. The minimum atomic E-state index is -0.538. The summed E-state index contributed by atoms with van der Waals surface area (Å²) in [5, 5.41) is 3.36. The number of carbonyl (C=O) groups excluding carboxylic acids is 1. The lowest BCUT2D eigenvalue weighted by Crippen LogP contribution is -2.31. The first-order chi connectivity index (χ1) is 15.0. The second-order valence-corrected chi connectivity index (χ2v) is 7.29. The summed E-state index contributed by atoms with van der Waals surface area (Å²) in [5.41, 5.74) is 1.13. The maximum atomic E-state index is 13.2. The smallest absolute Gasteiger partial charge is 0.252 e. The van der Waals surface area contributed by atoms with E-state index in [9.17, 15) is 4.79 Å². The maximum Gasteiger partial charge on any atom is 0.252 e. The number of benzene rings is 2. The van der Waals surface area contributed by atoms with Gasteiger partial charge in [0.05, 0.1) is 25.8 Å². The maximum absolute atomic E-state index is 13.2. The summed E-state index contributed by atoms with van der Waals surface area (Å²) in [5.74, 6) is 1.81. The van der Waals surface area contributed by atoms with Crippen LogP contribution in [0.1, 0.15) is 41.1 Å². The Morgan fingerprint density at radius 1 is 1.19 bits per heavy atom. The predicted molar refractivity (Wildman–Crippen MR) is 119 cm³/mol. The van der Waals surface area contributed by atoms with Crippen LogP contribution in [-0.2, 0) is 7.05 Å². The minimum Gasteiger partial charge on any atom is -0.496 e. The van der Waals surface area contributed by atoms with Crippen molar-refractivity contribution in [1.29, 1.82) is 0 Å². The zero-order chi connectivity index (χ0) is 22.4. The predicted octanol–water partition coefficient (Wildman–Crippen LogP) is 4.40. The molecule has 0 fully saturated rings. The first kappa shape index (κ1) is 22.5. The van der Waals surface area contributed by atoms with Crippen LogP contribution in [0.25, 0.3) is 0 Å². The first-order valence-electron chi connectivity index (χ1n) is 9.91. The second-order valence-electron chi connectivity index (χ2n) is 6.88. The van der Waals surface area contributed by atoms with Crippen LogP contribution >= 0.6 is 11.6 Å². The summed E-state index contributed by atoms with van der Waals surface area (Å²) in [4.78, 5) is 17.7. The number of halogens is 1. The number of aromatic nitrogens is 2. The van der Waals surface area contributed by atoms with Crippen LogP contribution in [0.5, 0.6) is 17.2 Å². The number of rotatable bonds is 9. The molecule has 0 spiro atoms. The Balaban J connectivity index is 1.98. The number of methoxy groups -OCH3 is 2. The number of imidazole rings is 1. The third-order valence-corrected chi connectivity index (χ3v) is 5.06. The molecule has 1 unspecified atom stereocenters. The van der Waals surface area contributed by atoms with Crippen molar-refractivity contribution in [3.05, 3.63) is 70.8 Å².